The van der Waals surface area contributed by atoms with Crippen molar-refractivity contribution in [3.63, 3.8) is 0 Å². The van der Waals surface area contributed by atoms with E-state index in [0.29, 0.717) is 36.1 Å². The van der Waals surface area contributed by atoms with Gasteiger partial charge in [0.1, 0.15) is 11.2 Å². The fourth-order valence-corrected chi connectivity index (χ4v) is 4.25. The summed E-state index contributed by atoms with van der Waals surface area (Å²) in [5.41, 5.74) is 0.701. The third kappa shape index (κ3) is 4.46. The predicted octanol–water partition coefficient (Wildman–Crippen LogP) is 3.08. The number of hydrogen-bond donors (Lipinski definition) is 1. The molecule has 0 unspecified atom stereocenters. The molecule has 1 aliphatic heterocycles. The number of benzene rings is 1. The number of amides is 1. The number of piperidine rings is 1. The van der Waals surface area contributed by atoms with Crippen LogP contribution in [0.2, 0.25) is 0 Å². The van der Waals surface area contributed by atoms with E-state index in [0.717, 1.165) is 12.3 Å². The highest BCUT2D eigenvalue weighted by molar-refractivity contribution is 9.10. The Hall–Kier alpha value is -2.14. The molecule has 28 heavy (non-hydrogen) atoms. The molecule has 1 fully saturated rings. The van der Waals surface area contributed by atoms with Gasteiger partial charge in [0, 0.05) is 24.9 Å². The molecule has 152 valence electrons. The molecule has 8 nitrogen and oxygen atoms in total. The maximum Gasteiger partial charge on any atom is 0.407 e. The van der Waals surface area contributed by atoms with Crippen molar-refractivity contribution in [3.05, 3.63) is 40.4 Å². The Morgan fingerprint density at radius 2 is 2.07 bits per heavy atom. The summed E-state index contributed by atoms with van der Waals surface area (Å²) in [6, 6.07) is 3.57. The van der Waals surface area contributed by atoms with Crippen molar-refractivity contribution in [1.82, 2.24) is 14.7 Å². The van der Waals surface area contributed by atoms with Crippen LogP contribution in [0.25, 0.3) is 0 Å². The number of halogens is 2. The summed E-state index contributed by atoms with van der Waals surface area (Å²) >= 11 is 3.48. The van der Waals surface area contributed by atoms with Gasteiger partial charge in [0.15, 0.2) is 21.4 Å². The van der Waals surface area contributed by atoms with E-state index in [1.54, 1.807) is 10.9 Å². The highest BCUT2D eigenvalue weighted by atomic mass is 79.9. The second kappa shape index (κ2) is 8.08. The highest BCUT2D eigenvalue weighted by Crippen LogP contribution is 2.29. The molecule has 1 saturated heterocycles. The third-order valence-electron chi connectivity index (χ3n) is 4.60. The molecule has 2 aromatic rings. The van der Waals surface area contributed by atoms with Gasteiger partial charge >= 0.3 is 6.09 Å². The molecule has 1 N–H and O–H groups in total. The van der Waals surface area contributed by atoms with Crippen LogP contribution in [0.1, 0.15) is 24.4 Å². The number of ether oxygens (including phenoxy) is 1. The molecule has 1 aromatic carbocycles. The van der Waals surface area contributed by atoms with Gasteiger partial charge in [-0.15, -0.1) is 0 Å². The number of nitrogens with zero attached hydrogens (tertiary/aromatic N) is 3. The molecule has 3 rings (SSSR count). The van der Waals surface area contributed by atoms with Crippen LogP contribution < -0.4 is 4.74 Å². The predicted molar refractivity (Wildman–Crippen MR) is 102 cm³/mol. The number of aromatic nitrogens is 2. The summed E-state index contributed by atoms with van der Waals surface area (Å²) in [6.45, 7) is 0.926. The molecule has 0 aliphatic carbocycles. The smallest absolute Gasteiger partial charge is 0.407 e. The van der Waals surface area contributed by atoms with Crippen LogP contribution in [-0.4, -0.2) is 53.6 Å². The molecule has 0 atom stereocenters. The van der Waals surface area contributed by atoms with Crippen molar-refractivity contribution in [2.45, 2.75) is 30.4 Å². The molecule has 2 heterocycles. The Morgan fingerprint density at radius 3 is 2.64 bits per heavy atom. The second-order valence-corrected chi connectivity index (χ2v) is 9.33. The van der Waals surface area contributed by atoms with Gasteiger partial charge in [-0.3, -0.25) is 4.68 Å². The van der Waals surface area contributed by atoms with E-state index in [2.05, 4.69) is 21.0 Å². The first kappa shape index (κ1) is 20.6. The first-order valence-corrected chi connectivity index (χ1v) is 11.2. The molecule has 11 heteroatoms. The van der Waals surface area contributed by atoms with Crippen molar-refractivity contribution in [2.24, 2.45) is 0 Å². The lowest BCUT2D eigenvalue weighted by molar-refractivity contribution is 0.123. The lowest BCUT2D eigenvalue weighted by atomic mass is 10.1. The number of carbonyl (C=O) groups is 1. The molecule has 0 bridgehead atoms. The van der Waals surface area contributed by atoms with Crippen LogP contribution >= 0.6 is 15.9 Å². The highest BCUT2D eigenvalue weighted by Gasteiger charge is 2.26. The zero-order chi connectivity index (χ0) is 20.5. The normalized spacial score (nSPS) is 15.6. The van der Waals surface area contributed by atoms with Crippen molar-refractivity contribution < 1.29 is 27.4 Å². The van der Waals surface area contributed by atoms with Crippen LogP contribution in [0.5, 0.6) is 5.75 Å². The van der Waals surface area contributed by atoms with Crippen molar-refractivity contribution >= 4 is 31.9 Å². The quantitative estimate of drug-likeness (QED) is 0.712. The molecule has 0 spiro atoms. The average molecular weight is 476 g/mol. The van der Waals surface area contributed by atoms with Crippen molar-refractivity contribution in [2.75, 3.05) is 19.3 Å². The summed E-state index contributed by atoms with van der Waals surface area (Å²) in [6.07, 6.45) is 2.99. The minimum absolute atomic E-state index is 0.0453. The van der Waals surface area contributed by atoms with Gasteiger partial charge in [0.25, 0.3) is 0 Å². The molecule has 1 aliphatic rings. The van der Waals surface area contributed by atoms with Gasteiger partial charge in [-0.05, 0) is 47.0 Å². The number of hydrogen-bond acceptors (Lipinski definition) is 5. The Bertz CT molecular complexity index is 987. The van der Waals surface area contributed by atoms with Gasteiger partial charge in [0.05, 0.1) is 17.1 Å². The lowest BCUT2D eigenvalue weighted by Gasteiger charge is -2.30. The van der Waals surface area contributed by atoms with E-state index >= 15 is 0 Å². The maximum atomic E-state index is 14.1. The van der Waals surface area contributed by atoms with Gasteiger partial charge in [-0.25, -0.2) is 17.6 Å². The number of carboxylic acid groups (broad SMARTS) is 1. The Labute approximate surface area is 169 Å². The summed E-state index contributed by atoms with van der Waals surface area (Å²) in [4.78, 5) is 12.3. The van der Waals surface area contributed by atoms with E-state index in [-0.39, 0.29) is 23.3 Å². The van der Waals surface area contributed by atoms with E-state index < -0.39 is 21.7 Å². The largest absolute Gasteiger partial charge is 0.486 e. The van der Waals surface area contributed by atoms with Gasteiger partial charge in [-0.1, -0.05) is 0 Å². The third-order valence-corrected chi connectivity index (χ3v) is 6.58. The monoisotopic (exact) mass is 475 g/mol. The Kier molecular flexibility index (Phi) is 5.94. The van der Waals surface area contributed by atoms with E-state index in [1.165, 1.54) is 17.0 Å². The first-order valence-electron chi connectivity index (χ1n) is 8.49. The zero-order valence-electron chi connectivity index (χ0n) is 15.0. The molecule has 0 radical (unpaired) electrons. The number of likely N-dealkylation sites (tertiary alicyclic amines) is 1. The van der Waals surface area contributed by atoms with Crippen LogP contribution in [-0.2, 0) is 16.4 Å². The molecular formula is C17H19BrFN3O5S. The lowest BCUT2D eigenvalue weighted by Crippen LogP contribution is -2.38. The summed E-state index contributed by atoms with van der Waals surface area (Å²) < 4.78 is 45.0. The van der Waals surface area contributed by atoms with Gasteiger partial charge in [0.2, 0.25) is 0 Å². The van der Waals surface area contributed by atoms with Crippen LogP contribution in [0.15, 0.2) is 33.9 Å². The zero-order valence-corrected chi connectivity index (χ0v) is 17.4. The van der Waals surface area contributed by atoms with E-state index in [4.69, 9.17) is 9.84 Å². The fraction of sp³-hybridized carbons (Fsp3) is 0.412. The summed E-state index contributed by atoms with van der Waals surface area (Å²) in [7, 11) is -3.49. The van der Waals surface area contributed by atoms with Crippen LogP contribution in [0.4, 0.5) is 9.18 Å². The van der Waals surface area contributed by atoms with Crippen molar-refractivity contribution in [3.8, 4) is 5.75 Å². The van der Waals surface area contributed by atoms with E-state index in [9.17, 15) is 17.6 Å². The Balaban J connectivity index is 1.66. The fourth-order valence-electron chi connectivity index (χ4n) is 3.02. The standard InChI is InChI=1S/C17H19BrFN3O5S/c1-28(25,26)13-2-3-15(14(19)8-13)27-10-11-9-20-22(16(11)18)12-4-6-21(7-5-12)17(23)24/h2-3,8-9,12H,4-7,10H2,1H3,(H,23,24). The van der Waals surface area contributed by atoms with E-state index in [1.807, 2.05) is 0 Å². The molecule has 1 aromatic heterocycles. The minimum atomic E-state index is -3.49. The van der Waals surface area contributed by atoms with Gasteiger partial charge in [-0.2, -0.15) is 5.10 Å². The average Bonchev–Trinajstić information content (AvgIpc) is 3.00. The maximum absolute atomic E-state index is 14.1. The SMILES string of the molecule is CS(=O)(=O)c1ccc(OCc2cnn(C3CCN(C(=O)O)CC3)c2Br)c(F)c1. The molecule has 1 amide bonds. The number of sulfone groups is 1. The Morgan fingerprint density at radius 1 is 1.39 bits per heavy atom. The van der Waals surface area contributed by atoms with Crippen LogP contribution in [0.3, 0.4) is 0 Å². The summed E-state index contributed by atoms with van der Waals surface area (Å²) in [5, 5.41) is 13.4. The second-order valence-electron chi connectivity index (χ2n) is 6.56. The van der Waals surface area contributed by atoms with Crippen molar-refractivity contribution in [1.29, 1.82) is 0 Å². The molecule has 0 saturated carbocycles. The first-order chi connectivity index (χ1) is 13.2. The summed E-state index contributed by atoms with van der Waals surface area (Å²) in [5.74, 6) is -0.811. The topological polar surface area (TPSA) is 102 Å². The number of rotatable bonds is 5. The minimum Gasteiger partial charge on any atom is -0.486 e. The molecular weight excluding hydrogens is 457 g/mol. The van der Waals surface area contributed by atoms with Gasteiger partial charge < -0.3 is 14.7 Å². The van der Waals surface area contributed by atoms with Crippen LogP contribution in [0, 0.1) is 5.82 Å².